The van der Waals surface area contributed by atoms with Gasteiger partial charge < -0.3 is 19.5 Å². The number of nitrogens with one attached hydrogen (secondary N) is 1. The van der Waals surface area contributed by atoms with Crippen LogP contribution in [0.15, 0.2) is 79.0 Å². The topological polar surface area (TPSA) is 42.3 Å². The minimum atomic E-state index is -0.0577. The average molecular weight is 469 g/mol. The van der Waals surface area contributed by atoms with Gasteiger partial charge in [0.1, 0.15) is 11.5 Å². The van der Waals surface area contributed by atoms with Crippen LogP contribution in [-0.2, 0) is 7.05 Å². The number of nitrogens with zero attached hydrogens (tertiary/aromatic N) is 3. The molecule has 1 aliphatic heterocycles. The van der Waals surface area contributed by atoms with Gasteiger partial charge in [-0.25, -0.2) is 0 Å². The molecule has 3 heterocycles. The molecule has 2 aromatic heterocycles. The number of hydrogen-bond donors (Lipinski definition) is 1. The van der Waals surface area contributed by atoms with E-state index in [9.17, 15) is 0 Å². The molecule has 2 atom stereocenters. The molecule has 0 bridgehead atoms. The lowest BCUT2D eigenvalue weighted by atomic mass is 9.96. The largest absolute Gasteiger partial charge is 0.457 e. The molecule has 2 unspecified atom stereocenters. The second-order valence-electron chi connectivity index (χ2n) is 8.79. The van der Waals surface area contributed by atoms with Gasteiger partial charge in [0.05, 0.1) is 17.8 Å². The van der Waals surface area contributed by atoms with E-state index in [-0.39, 0.29) is 12.1 Å². The molecule has 1 N–H and O–H groups in total. The van der Waals surface area contributed by atoms with E-state index in [0.717, 1.165) is 22.9 Å². The molecule has 4 aromatic rings. The second kappa shape index (κ2) is 8.95. The number of rotatable bonds is 5. The van der Waals surface area contributed by atoms with Crippen molar-refractivity contribution in [3.8, 4) is 11.5 Å². The predicted molar refractivity (Wildman–Crippen MR) is 141 cm³/mol. The van der Waals surface area contributed by atoms with Crippen molar-refractivity contribution in [3.63, 3.8) is 0 Å². The van der Waals surface area contributed by atoms with Gasteiger partial charge in [-0.15, -0.1) is 0 Å². The summed E-state index contributed by atoms with van der Waals surface area (Å²) in [5.41, 5.74) is 6.86. The quantitative estimate of drug-likeness (QED) is 0.348. The Morgan fingerprint density at radius 3 is 2.18 bits per heavy atom. The highest BCUT2D eigenvalue weighted by molar-refractivity contribution is 7.80. The van der Waals surface area contributed by atoms with Crippen LogP contribution in [0.4, 0.5) is 5.69 Å². The Bertz CT molecular complexity index is 1310. The number of benzene rings is 2. The van der Waals surface area contributed by atoms with Gasteiger partial charge in [-0.05, 0) is 93.1 Å². The maximum absolute atomic E-state index is 6.04. The van der Waals surface area contributed by atoms with E-state index in [4.69, 9.17) is 17.0 Å². The van der Waals surface area contributed by atoms with E-state index >= 15 is 0 Å². The lowest BCUT2D eigenvalue weighted by Gasteiger charge is -2.28. The summed E-state index contributed by atoms with van der Waals surface area (Å²) >= 11 is 5.86. The molecular weight excluding hydrogens is 440 g/mol. The number of aromatic nitrogens is 2. The fourth-order valence-electron chi connectivity index (χ4n) is 4.55. The molecule has 0 saturated carbocycles. The third kappa shape index (κ3) is 4.05. The number of ether oxygens (including phenoxy) is 1. The van der Waals surface area contributed by atoms with Crippen molar-refractivity contribution in [3.05, 3.63) is 107 Å². The first-order valence-corrected chi connectivity index (χ1v) is 11.8. The molecule has 6 heteroatoms. The zero-order valence-corrected chi connectivity index (χ0v) is 20.6. The summed E-state index contributed by atoms with van der Waals surface area (Å²) in [5.74, 6) is 1.61. The highest BCUT2D eigenvalue weighted by Gasteiger charge is 2.42. The van der Waals surface area contributed by atoms with Gasteiger partial charge in [0, 0.05) is 30.3 Å². The smallest absolute Gasteiger partial charge is 0.174 e. The molecule has 5 nitrogen and oxygen atoms in total. The molecule has 5 rings (SSSR count). The fraction of sp³-hybridized carbons (Fsp3) is 0.214. The highest BCUT2D eigenvalue weighted by atomic mass is 32.1. The predicted octanol–water partition coefficient (Wildman–Crippen LogP) is 6.31. The minimum Gasteiger partial charge on any atom is -0.457 e. The van der Waals surface area contributed by atoms with Crippen LogP contribution in [0.1, 0.15) is 40.3 Å². The van der Waals surface area contributed by atoms with Crippen LogP contribution in [0.3, 0.4) is 0 Å². The zero-order valence-electron chi connectivity index (χ0n) is 19.8. The van der Waals surface area contributed by atoms with Crippen molar-refractivity contribution in [2.75, 3.05) is 4.90 Å². The van der Waals surface area contributed by atoms with Crippen LogP contribution in [0.25, 0.3) is 0 Å². The van der Waals surface area contributed by atoms with E-state index in [0.29, 0.717) is 5.11 Å². The van der Waals surface area contributed by atoms with Gasteiger partial charge in [-0.1, -0.05) is 23.8 Å². The summed E-state index contributed by atoms with van der Waals surface area (Å²) < 4.78 is 8.26. The lowest BCUT2D eigenvalue weighted by molar-refractivity contribution is 0.482. The van der Waals surface area contributed by atoms with Crippen molar-refractivity contribution < 1.29 is 4.74 Å². The first-order valence-electron chi connectivity index (χ1n) is 11.4. The van der Waals surface area contributed by atoms with Gasteiger partial charge >= 0.3 is 0 Å². The van der Waals surface area contributed by atoms with E-state index in [2.05, 4.69) is 71.9 Å². The average Bonchev–Trinajstić information content (AvgIpc) is 3.32. The maximum Gasteiger partial charge on any atom is 0.174 e. The van der Waals surface area contributed by atoms with Gasteiger partial charge in [-0.2, -0.15) is 0 Å². The van der Waals surface area contributed by atoms with E-state index in [1.165, 1.54) is 22.5 Å². The summed E-state index contributed by atoms with van der Waals surface area (Å²) in [6, 6.07) is 24.4. The normalized spacial score (nSPS) is 17.6. The first kappa shape index (κ1) is 22.2. The summed E-state index contributed by atoms with van der Waals surface area (Å²) in [6.07, 6.45) is 1.83. The summed E-state index contributed by atoms with van der Waals surface area (Å²) in [6.45, 7) is 6.36. The minimum absolute atomic E-state index is 0.0221. The molecule has 0 spiro atoms. The number of hydrogen-bond acceptors (Lipinski definition) is 3. The Balaban J connectivity index is 1.51. The van der Waals surface area contributed by atoms with Crippen molar-refractivity contribution in [2.24, 2.45) is 7.05 Å². The molecule has 1 saturated heterocycles. The van der Waals surface area contributed by atoms with Crippen LogP contribution >= 0.6 is 12.2 Å². The van der Waals surface area contributed by atoms with Crippen LogP contribution in [0.2, 0.25) is 0 Å². The van der Waals surface area contributed by atoms with E-state index in [1.807, 2.05) is 54.7 Å². The molecule has 1 fully saturated rings. The van der Waals surface area contributed by atoms with E-state index < -0.39 is 0 Å². The van der Waals surface area contributed by atoms with Gasteiger partial charge in [0.15, 0.2) is 5.11 Å². The number of pyridine rings is 1. The molecule has 172 valence electrons. The highest BCUT2D eigenvalue weighted by Crippen LogP contribution is 2.43. The SMILES string of the molecule is Cc1ccc(Oc2ccc(N3C(=S)NC(c4ccccn4)C3c3cc(C)n(C)c3C)cc2)cc1. The fourth-order valence-corrected chi connectivity index (χ4v) is 4.90. The summed E-state index contributed by atoms with van der Waals surface area (Å²) in [7, 11) is 2.10. The van der Waals surface area contributed by atoms with E-state index in [1.54, 1.807) is 0 Å². The third-order valence-electron chi connectivity index (χ3n) is 6.60. The molecular formula is C28H28N4OS. The Labute approximate surface area is 206 Å². The monoisotopic (exact) mass is 468 g/mol. The molecule has 0 radical (unpaired) electrons. The summed E-state index contributed by atoms with van der Waals surface area (Å²) in [4.78, 5) is 6.85. The Hall–Kier alpha value is -3.64. The number of thiocarbonyl (C=S) groups is 1. The third-order valence-corrected chi connectivity index (χ3v) is 6.92. The van der Waals surface area contributed by atoms with Crippen LogP contribution in [-0.4, -0.2) is 14.7 Å². The van der Waals surface area contributed by atoms with Gasteiger partial charge in [0.2, 0.25) is 0 Å². The lowest BCUT2D eigenvalue weighted by Crippen LogP contribution is -2.29. The number of aryl methyl sites for hydroxylation is 2. The molecule has 0 amide bonds. The van der Waals surface area contributed by atoms with Crippen molar-refractivity contribution in [2.45, 2.75) is 32.9 Å². The Morgan fingerprint density at radius 1 is 0.912 bits per heavy atom. The Morgan fingerprint density at radius 2 is 1.59 bits per heavy atom. The molecule has 34 heavy (non-hydrogen) atoms. The van der Waals surface area contributed by atoms with Crippen LogP contribution < -0.4 is 15.0 Å². The first-order chi connectivity index (χ1) is 16.4. The Kier molecular flexibility index (Phi) is 5.84. The summed E-state index contributed by atoms with van der Waals surface area (Å²) in [5, 5.41) is 4.23. The second-order valence-corrected chi connectivity index (χ2v) is 9.18. The number of anilines is 1. The van der Waals surface area contributed by atoms with Crippen LogP contribution in [0.5, 0.6) is 11.5 Å². The van der Waals surface area contributed by atoms with Gasteiger partial charge in [0.25, 0.3) is 0 Å². The molecule has 0 aliphatic carbocycles. The van der Waals surface area contributed by atoms with Gasteiger partial charge in [-0.3, -0.25) is 4.98 Å². The standard InChI is InChI=1S/C28H28N4OS/c1-18-8-12-22(13-9-18)33-23-14-10-21(11-15-23)32-27(24-17-19(2)31(4)20(24)3)26(30-28(32)34)25-7-5-6-16-29-25/h5-17,26-27H,1-4H3,(H,30,34). The zero-order chi connectivity index (χ0) is 23.8. The van der Waals surface area contributed by atoms with Crippen molar-refractivity contribution in [1.29, 1.82) is 0 Å². The maximum atomic E-state index is 6.04. The molecule has 1 aliphatic rings. The van der Waals surface area contributed by atoms with Crippen molar-refractivity contribution in [1.82, 2.24) is 14.9 Å². The molecule has 2 aromatic carbocycles. The van der Waals surface area contributed by atoms with Crippen LogP contribution in [0, 0.1) is 20.8 Å². The van der Waals surface area contributed by atoms with Crippen molar-refractivity contribution >= 4 is 23.0 Å².